The van der Waals surface area contributed by atoms with E-state index >= 15 is 0 Å². The second-order valence-electron chi connectivity index (χ2n) is 10.9. The highest BCUT2D eigenvalue weighted by Crippen LogP contribution is 2.41. The molecule has 6 rings (SSSR count). The Kier molecular flexibility index (Phi) is 7.76. The van der Waals surface area contributed by atoms with Crippen molar-refractivity contribution in [2.45, 2.75) is 63.7 Å². The van der Waals surface area contributed by atoms with Crippen LogP contribution in [0.15, 0.2) is 60.7 Å². The highest BCUT2D eigenvalue weighted by Gasteiger charge is 2.28. The van der Waals surface area contributed by atoms with E-state index in [1.807, 2.05) is 24.3 Å². The van der Waals surface area contributed by atoms with E-state index in [4.69, 9.17) is 26.1 Å². The number of hydrogen-bond acceptors (Lipinski definition) is 4. The maximum absolute atomic E-state index is 14.3. The third-order valence-electron chi connectivity index (χ3n) is 8.33. The van der Waals surface area contributed by atoms with Crippen LogP contribution >= 0.6 is 11.6 Å². The number of ether oxygens (including phenoxy) is 2. The number of halogens is 2. The zero-order valence-electron chi connectivity index (χ0n) is 22.2. The van der Waals surface area contributed by atoms with E-state index < -0.39 is 5.97 Å². The molecular formula is C32H32ClFN2O4. The molecule has 1 aromatic heterocycles. The van der Waals surface area contributed by atoms with E-state index in [2.05, 4.69) is 10.6 Å². The highest BCUT2D eigenvalue weighted by molar-refractivity contribution is 6.30. The quantitative estimate of drug-likeness (QED) is 0.230. The fourth-order valence-corrected chi connectivity index (χ4v) is 6.14. The third kappa shape index (κ3) is 5.72. The van der Waals surface area contributed by atoms with Gasteiger partial charge in [-0.15, -0.1) is 0 Å². The summed E-state index contributed by atoms with van der Waals surface area (Å²) >= 11 is 5.89. The first kappa shape index (κ1) is 26.8. The molecule has 1 saturated carbocycles. The van der Waals surface area contributed by atoms with Gasteiger partial charge >= 0.3 is 5.97 Å². The number of hydrogen-bond donors (Lipinski definition) is 1. The number of para-hydroxylation sites is 1. The minimum Gasteiger partial charge on any atom is -0.489 e. The molecular weight excluding hydrogens is 531 g/mol. The molecule has 0 bridgehead atoms. The molecule has 0 spiro atoms. The molecule has 0 unspecified atom stereocenters. The standard InChI is InChI=1S/C32H32ClFN2O4/c33-24-11-9-23(27(34)17-24)19-40-30-4-2-1-3-26(30)21-7-5-20(6-8-21)15-31-35-28-12-10-22(32(37)38)16-29(28)36(31)18-25-13-14-39-25/h1-4,9-12,16-17,20-21,25H,5-8,13-15,18-19H2,(H,37,38)/t20?,21?,25-/m0/s1. The van der Waals surface area contributed by atoms with Gasteiger partial charge in [0.2, 0.25) is 0 Å². The molecule has 1 saturated heterocycles. The zero-order chi connectivity index (χ0) is 27.6. The minimum atomic E-state index is -0.933. The summed E-state index contributed by atoms with van der Waals surface area (Å²) in [4.78, 5) is 16.5. The number of rotatable bonds is 9. The molecule has 3 aromatic carbocycles. The third-order valence-corrected chi connectivity index (χ3v) is 8.56. The van der Waals surface area contributed by atoms with E-state index in [-0.39, 0.29) is 24.1 Å². The largest absolute Gasteiger partial charge is 0.489 e. The van der Waals surface area contributed by atoms with Gasteiger partial charge in [-0.25, -0.2) is 14.2 Å². The predicted molar refractivity (Wildman–Crippen MR) is 152 cm³/mol. The van der Waals surface area contributed by atoms with Crippen LogP contribution in [0.25, 0.3) is 11.0 Å². The van der Waals surface area contributed by atoms with Gasteiger partial charge in [-0.3, -0.25) is 0 Å². The Hall–Kier alpha value is -3.42. The van der Waals surface area contributed by atoms with Crippen molar-refractivity contribution in [3.63, 3.8) is 0 Å². The van der Waals surface area contributed by atoms with Crippen molar-refractivity contribution >= 4 is 28.6 Å². The highest BCUT2D eigenvalue weighted by atomic mass is 35.5. The van der Waals surface area contributed by atoms with E-state index in [0.717, 1.165) is 67.7 Å². The minimum absolute atomic E-state index is 0.151. The molecule has 0 amide bonds. The number of carbonyl (C=O) groups is 1. The molecule has 2 heterocycles. The van der Waals surface area contributed by atoms with Crippen LogP contribution in [-0.4, -0.2) is 33.3 Å². The summed E-state index contributed by atoms with van der Waals surface area (Å²) in [5.41, 5.74) is 3.62. The van der Waals surface area contributed by atoms with Crippen LogP contribution in [0.3, 0.4) is 0 Å². The molecule has 2 fully saturated rings. The molecule has 1 aliphatic carbocycles. The van der Waals surface area contributed by atoms with Gasteiger partial charge in [0.25, 0.3) is 0 Å². The number of aromatic nitrogens is 2. The number of carboxylic acid groups (broad SMARTS) is 1. The Bertz CT molecular complexity index is 1520. The number of carboxylic acids is 1. The molecule has 1 aliphatic heterocycles. The number of imidazole rings is 1. The molecule has 4 aromatic rings. The van der Waals surface area contributed by atoms with Crippen LogP contribution in [0, 0.1) is 11.7 Å². The van der Waals surface area contributed by atoms with Crippen molar-refractivity contribution in [2.24, 2.45) is 5.92 Å². The Morgan fingerprint density at radius 3 is 2.60 bits per heavy atom. The summed E-state index contributed by atoms with van der Waals surface area (Å²) < 4.78 is 28.3. The Balaban J connectivity index is 1.14. The molecule has 1 atom stereocenters. The van der Waals surface area contributed by atoms with Crippen molar-refractivity contribution in [1.82, 2.24) is 9.55 Å². The number of fused-ring (bicyclic) bond motifs is 1. The monoisotopic (exact) mass is 562 g/mol. The van der Waals surface area contributed by atoms with Gasteiger partial charge in [0.1, 0.15) is 24.0 Å². The van der Waals surface area contributed by atoms with Gasteiger partial charge in [0, 0.05) is 23.6 Å². The second-order valence-corrected chi connectivity index (χ2v) is 11.3. The van der Waals surface area contributed by atoms with Crippen molar-refractivity contribution in [3.05, 3.63) is 94.0 Å². The fraction of sp³-hybridized carbons (Fsp3) is 0.375. The van der Waals surface area contributed by atoms with Gasteiger partial charge in [-0.05, 0) is 85.9 Å². The fourth-order valence-electron chi connectivity index (χ4n) is 5.98. The van der Waals surface area contributed by atoms with E-state index in [0.29, 0.717) is 29.0 Å². The average molecular weight is 563 g/mol. The summed E-state index contributed by atoms with van der Waals surface area (Å²) in [6, 6.07) is 17.9. The Labute approximate surface area is 237 Å². The number of nitrogens with zero attached hydrogens (tertiary/aromatic N) is 2. The topological polar surface area (TPSA) is 73.6 Å². The van der Waals surface area contributed by atoms with Crippen molar-refractivity contribution < 1.29 is 23.8 Å². The van der Waals surface area contributed by atoms with Crippen LogP contribution in [0.1, 0.15) is 65.3 Å². The van der Waals surface area contributed by atoms with Crippen molar-refractivity contribution in [1.29, 1.82) is 0 Å². The van der Waals surface area contributed by atoms with Gasteiger partial charge in [0.05, 0.1) is 29.2 Å². The summed E-state index contributed by atoms with van der Waals surface area (Å²) in [6.45, 7) is 1.62. The lowest BCUT2D eigenvalue weighted by atomic mass is 9.77. The first-order valence-electron chi connectivity index (χ1n) is 13.9. The second kappa shape index (κ2) is 11.6. The molecule has 2 aliphatic rings. The summed E-state index contributed by atoms with van der Waals surface area (Å²) in [5, 5.41) is 9.88. The van der Waals surface area contributed by atoms with E-state index in [1.165, 1.54) is 11.6 Å². The van der Waals surface area contributed by atoms with Crippen molar-refractivity contribution in [3.8, 4) is 5.75 Å². The Morgan fingerprint density at radius 1 is 1.07 bits per heavy atom. The maximum atomic E-state index is 14.3. The summed E-state index contributed by atoms with van der Waals surface area (Å²) in [5.74, 6) is 1.38. The summed E-state index contributed by atoms with van der Waals surface area (Å²) in [7, 11) is 0. The maximum Gasteiger partial charge on any atom is 0.335 e. The lowest BCUT2D eigenvalue weighted by molar-refractivity contribution is -0.0590. The number of aromatic carboxylic acids is 1. The normalized spacial score (nSPS) is 20.8. The van der Waals surface area contributed by atoms with E-state index in [9.17, 15) is 14.3 Å². The molecule has 8 heteroatoms. The molecule has 0 radical (unpaired) electrons. The average Bonchev–Trinajstić information content (AvgIpc) is 3.26. The van der Waals surface area contributed by atoms with Crippen LogP contribution in [0.5, 0.6) is 5.75 Å². The molecule has 1 N–H and O–H groups in total. The summed E-state index contributed by atoms with van der Waals surface area (Å²) in [6.07, 6.45) is 6.21. The Morgan fingerprint density at radius 2 is 1.88 bits per heavy atom. The predicted octanol–water partition coefficient (Wildman–Crippen LogP) is 7.41. The van der Waals surface area contributed by atoms with Crippen LogP contribution < -0.4 is 4.74 Å². The van der Waals surface area contributed by atoms with Crippen LogP contribution in [-0.2, 0) is 24.3 Å². The number of benzene rings is 3. The van der Waals surface area contributed by atoms with Crippen molar-refractivity contribution in [2.75, 3.05) is 6.61 Å². The zero-order valence-corrected chi connectivity index (χ0v) is 22.9. The first-order chi connectivity index (χ1) is 19.4. The van der Waals surface area contributed by atoms with Gasteiger partial charge < -0.3 is 19.1 Å². The molecule has 6 nitrogen and oxygen atoms in total. The van der Waals surface area contributed by atoms with Crippen LogP contribution in [0.4, 0.5) is 4.39 Å². The van der Waals surface area contributed by atoms with Crippen LogP contribution in [0.2, 0.25) is 5.02 Å². The van der Waals surface area contributed by atoms with Gasteiger partial charge in [0.15, 0.2) is 0 Å². The lowest BCUT2D eigenvalue weighted by Crippen LogP contribution is -2.32. The van der Waals surface area contributed by atoms with Gasteiger partial charge in [-0.1, -0.05) is 35.9 Å². The van der Waals surface area contributed by atoms with E-state index in [1.54, 1.807) is 24.3 Å². The molecule has 208 valence electrons. The SMILES string of the molecule is O=C(O)c1ccc2nc(CC3CCC(c4ccccc4OCc4ccc(Cl)cc4F)CC3)n(C[C@@H]3CCO3)c2c1. The first-order valence-corrected chi connectivity index (χ1v) is 14.3. The lowest BCUT2D eigenvalue weighted by Gasteiger charge is -2.31. The van der Waals surface area contributed by atoms with Gasteiger partial charge in [-0.2, -0.15) is 0 Å². The molecule has 40 heavy (non-hydrogen) atoms. The smallest absolute Gasteiger partial charge is 0.335 e.